The summed E-state index contributed by atoms with van der Waals surface area (Å²) in [5.41, 5.74) is 0. The van der Waals surface area contributed by atoms with Crippen molar-refractivity contribution in [2.75, 3.05) is 13.7 Å². The number of esters is 2. The Morgan fingerprint density at radius 1 is 1.00 bits per heavy atom. The van der Waals surface area contributed by atoms with Crippen molar-refractivity contribution in [1.82, 2.24) is 10.6 Å². The van der Waals surface area contributed by atoms with Crippen LogP contribution >= 0.6 is 0 Å². The van der Waals surface area contributed by atoms with E-state index in [0.29, 0.717) is 0 Å². The molecule has 0 saturated heterocycles. The summed E-state index contributed by atoms with van der Waals surface area (Å²) in [6.45, 7) is 10.1. The molecule has 124 valence electrons. The van der Waals surface area contributed by atoms with E-state index in [1.54, 1.807) is 13.8 Å². The van der Waals surface area contributed by atoms with Crippen molar-refractivity contribution in [3.05, 3.63) is 0 Å². The van der Waals surface area contributed by atoms with Gasteiger partial charge >= 0.3 is 11.9 Å². The Morgan fingerprint density at radius 2 is 1.62 bits per heavy atom. The molecule has 0 bridgehead atoms. The molecule has 6 heteroatoms. The molecule has 0 fully saturated rings. The van der Waals surface area contributed by atoms with Gasteiger partial charge in [0.2, 0.25) is 0 Å². The lowest BCUT2D eigenvalue weighted by atomic mass is 10.1. The predicted octanol–water partition coefficient (Wildman–Crippen LogP) is 1.24. The molecule has 0 amide bonds. The Labute approximate surface area is 127 Å². The molecule has 0 heterocycles. The highest BCUT2D eigenvalue weighted by molar-refractivity contribution is 5.75. The number of ether oxygens (including phenoxy) is 2. The van der Waals surface area contributed by atoms with Crippen LogP contribution in [0.25, 0.3) is 0 Å². The zero-order valence-corrected chi connectivity index (χ0v) is 14.1. The number of hydrogen-bond acceptors (Lipinski definition) is 6. The predicted molar refractivity (Wildman–Crippen MR) is 82.0 cm³/mol. The van der Waals surface area contributed by atoms with Gasteiger partial charge in [-0.25, -0.2) is 0 Å². The summed E-state index contributed by atoms with van der Waals surface area (Å²) in [6, 6.07) is -0.476. The van der Waals surface area contributed by atoms with Crippen LogP contribution in [-0.4, -0.2) is 49.8 Å². The first-order valence-corrected chi connectivity index (χ1v) is 7.59. The Kier molecular flexibility index (Phi) is 9.99. The van der Waals surface area contributed by atoms with Crippen LogP contribution in [0.2, 0.25) is 0 Å². The zero-order valence-electron chi connectivity index (χ0n) is 14.1. The van der Waals surface area contributed by atoms with E-state index in [2.05, 4.69) is 15.4 Å². The molecular weight excluding hydrogens is 272 g/mol. The van der Waals surface area contributed by atoms with E-state index in [9.17, 15) is 9.59 Å². The summed E-state index contributed by atoms with van der Waals surface area (Å²) in [4.78, 5) is 23.0. The van der Waals surface area contributed by atoms with Crippen molar-refractivity contribution in [2.45, 2.75) is 71.7 Å². The Hall–Kier alpha value is -1.14. The van der Waals surface area contributed by atoms with E-state index < -0.39 is 0 Å². The third-order valence-electron chi connectivity index (χ3n) is 3.28. The maximum atomic E-state index is 11.7. The van der Waals surface area contributed by atoms with Gasteiger partial charge in [0.1, 0.15) is 12.1 Å². The van der Waals surface area contributed by atoms with Crippen LogP contribution in [-0.2, 0) is 19.1 Å². The fourth-order valence-corrected chi connectivity index (χ4v) is 1.99. The Balaban J connectivity index is 3.99. The minimum atomic E-state index is -0.336. The first-order valence-electron chi connectivity index (χ1n) is 7.59. The van der Waals surface area contributed by atoms with E-state index in [0.717, 1.165) is 19.4 Å². The third-order valence-corrected chi connectivity index (χ3v) is 3.28. The quantitative estimate of drug-likeness (QED) is 0.591. The van der Waals surface area contributed by atoms with Gasteiger partial charge in [-0.15, -0.1) is 0 Å². The van der Waals surface area contributed by atoms with Crippen molar-refractivity contribution >= 4 is 11.9 Å². The van der Waals surface area contributed by atoms with Gasteiger partial charge in [0.25, 0.3) is 0 Å². The Bertz CT molecular complexity index is 323. The van der Waals surface area contributed by atoms with Crippen LogP contribution in [0.3, 0.4) is 0 Å². The van der Waals surface area contributed by atoms with Crippen molar-refractivity contribution < 1.29 is 19.1 Å². The molecule has 2 N–H and O–H groups in total. The van der Waals surface area contributed by atoms with E-state index in [1.165, 1.54) is 7.11 Å². The second-order valence-electron chi connectivity index (χ2n) is 5.42. The van der Waals surface area contributed by atoms with Crippen LogP contribution in [0.1, 0.15) is 47.5 Å². The second-order valence-corrected chi connectivity index (χ2v) is 5.42. The first-order chi connectivity index (χ1) is 9.81. The fraction of sp³-hybridized carbons (Fsp3) is 0.867. The minimum absolute atomic E-state index is 0.142. The standard InChI is InChI=1S/C15H30N2O4/c1-7-16-12(4)15(19)21-11(3)9-8-10(2)17-13(5)14(18)20-6/h10-13,16-17H,7-9H2,1-6H3. The van der Waals surface area contributed by atoms with E-state index >= 15 is 0 Å². The molecule has 0 spiro atoms. The number of likely N-dealkylation sites (N-methyl/N-ethyl adjacent to an activating group) is 1. The molecule has 0 aromatic heterocycles. The average Bonchev–Trinajstić information content (AvgIpc) is 2.44. The van der Waals surface area contributed by atoms with Crippen molar-refractivity contribution in [3.8, 4) is 0 Å². The van der Waals surface area contributed by atoms with E-state index in [1.807, 2.05) is 20.8 Å². The number of carbonyl (C=O) groups excluding carboxylic acids is 2. The number of carbonyl (C=O) groups is 2. The van der Waals surface area contributed by atoms with Crippen molar-refractivity contribution in [2.24, 2.45) is 0 Å². The summed E-state index contributed by atoms with van der Waals surface area (Å²) in [6.07, 6.45) is 1.41. The van der Waals surface area contributed by atoms with Gasteiger partial charge < -0.3 is 20.1 Å². The highest BCUT2D eigenvalue weighted by Gasteiger charge is 2.18. The molecule has 0 aromatic carbocycles. The van der Waals surface area contributed by atoms with E-state index in [4.69, 9.17) is 4.74 Å². The van der Waals surface area contributed by atoms with Gasteiger partial charge in [-0.05, 0) is 47.1 Å². The highest BCUT2D eigenvalue weighted by Crippen LogP contribution is 2.07. The van der Waals surface area contributed by atoms with Gasteiger partial charge in [-0.2, -0.15) is 0 Å². The molecule has 21 heavy (non-hydrogen) atoms. The van der Waals surface area contributed by atoms with Crippen molar-refractivity contribution in [3.63, 3.8) is 0 Å². The molecule has 0 aliphatic heterocycles. The molecule has 0 aliphatic carbocycles. The summed E-state index contributed by atoms with van der Waals surface area (Å²) < 4.78 is 10.0. The van der Waals surface area contributed by atoms with Gasteiger partial charge in [0.15, 0.2) is 0 Å². The molecule has 4 atom stereocenters. The molecular formula is C15H30N2O4. The fourth-order valence-electron chi connectivity index (χ4n) is 1.99. The lowest BCUT2D eigenvalue weighted by molar-refractivity contribution is -0.150. The second kappa shape index (κ2) is 10.6. The van der Waals surface area contributed by atoms with Gasteiger partial charge in [0.05, 0.1) is 13.2 Å². The highest BCUT2D eigenvalue weighted by atomic mass is 16.5. The summed E-state index contributed by atoms with van der Waals surface area (Å²) >= 11 is 0. The van der Waals surface area contributed by atoms with Crippen LogP contribution in [0.5, 0.6) is 0 Å². The number of methoxy groups -OCH3 is 1. The Morgan fingerprint density at radius 3 is 2.14 bits per heavy atom. The van der Waals surface area contributed by atoms with Gasteiger partial charge in [-0.3, -0.25) is 9.59 Å². The number of rotatable bonds is 10. The average molecular weight is 302 g/mol. The molecule has 0 saturated carbocycles. The third kappa shape index (κ3) is 8.67. The molecule has 0 aliphatic rings. The van der Waals surface area contributed by atoms with Crippen LogP contribution in [0, 0.1) is 0 Å². The molecule has 6 nitrogen and oxygen atoms in total. The maximum Gasteiger partial charge on any atom is 0.323 e. The normalized spacial score (nSPS) is 16.7. The maximum absolute atomic E-state index is 11.7. The zero-order chi connectivity index (χ0) is 16.4. The lowest BCUT2D eigenvalue weighted by Crippen LogP contribution is -2.41. The minimum Gasteiger partial charge on any atom is -0.468 e. The molecule has 0 radical (unpaired) electrons. The molecule has 4 unspecified atom stereocenters. The lowest BCUT2D eigenvalue weighted by Gasteiger charge is -2.21. The number of hydrogen-bond donors (Lipinski definition) is 2. The largest absolute Gasteiger partial charge is 0.468 e. The summed E-state index contributed by atoms with van der Waals surface area (Å²) in [5, 5.41) is 6.18. The van der Waals surface area contributed by atoms with Crippen molar-refractivity contribution in [1.29, 1.82) is 0 Å². The first kappa shape index (κ1) is 19.9. The van der Waals surface area contributed by atoms with Gasteiger partial charge in [-0.1, -0.05) is 6.92 Å². The monoisotopic (exact) mass is 302 g/mol. The van der Waals surface area contributed by atoms with Crippen LogP contribution in [0.15, 0.2) is 0 Å². The van der Waals surface area contributed by atoms with Crippen LogP contribution in [0.4, 0.5) is 0 Å². The number of nitrogens with one attached hydrogen (secondary N) is 2. The molecule has 0 aromatic rings. The SMILES string of the molecule is CCNC(C)C(=O)OC(C)CCC(C)NC(C)C(=O)OC. The van der Waals surface area contributed by atoms with Gasteiger partial charge in [0, 0.05) is 6.04 Å². The van der Waals surface area contributed by atoms with E-state index in [-0.39, 0.29) is 36.2 Å². The summed E-state index contributed by atoms with van der Waals surface area (Å²) in [5.74, 6) is -0.506. The topological polar surface area (TPSA) is 76.7 Å². The smallest absolute Gasteiger partial charge is 0.323 e. The molecule has 0 rings (SSSR count). The van der Waals surface area contributed by atoms with Crippen LogP contribution < -0.4 is 10.6 Å². The summed E-state index contributed by atoms with van der Waals surface area (Å²) in [7, 11) is 1.37.